The molecule has 0 amide bonds. The predicted octanol–water partition coefficient (Wildman–Crippen LogP) is 6.47. The van der Waals surface area contributed by atoms with Crippen molar-refractivity contribution in [2.45, 2.75) is 6.61 Å². The second-order valence-corrected chi connectivity index (χ2v) is 7.98. The van der Waals surface area contributed by atoms with Crippen LogP contribution in [0.3, 0.4) is 0 Å². The van der Waals surface area contributed by atoms with Crippen molar-refractivity contribution in [2.75, 3.05) is 14.2 Å². The lowest BCUT2D eigenvalue weighted by Gasteiger charge is -2.11. The van der Waals surface area contributed by atoms with Crippen LogP contribution in [0.2, 0.25) is 0 Å². The highest BCUT2D eigenvalue weighted by Gasteiger charge is 2.11. The molecule has 0 aliphatic heterocycles. The fourth-order valence-electron chi connectivity index (χ4n) is 3.23. The standard InChI is InChI=1S/C27H22N2O3S/c1-30-23-11-9-21(10-12-23)24-18-33-27(29-24)22(16-28)14-20-8-13-25(26(15-20)31-2)32-17-19-6-4-3-5-7-19/h3-15,18H,17H2,1-2H3/b22-14+. The highest BCUT2D eigenvalue weighted by Crippen LogP contribution is 2.32. The smallest absolute Gasteiger partial charge is 0.161 e. The molecule has 1 aromatic heterocycles. The van der Waals surface area contributed by atoms with Crippen molar-refractivity contribution in [3.8, 4) is 34.6 Å². The number of thiazole rings is 1. The molecular weight excluding hydrogens is 432 g/mol. The third-order valence-electron chi connectivity index (χ3n) is 4.98. The van der Waals surface area contributed by atoms with Crippen LogP contribution in [0.5, 0.6) is 17.2 Å². The van der Waals surface area contributed by atoms with Crippen LogP contribution in [0.25, 0.3) is 22.9 Å². The Hall–Kier alpha value is -4.08. The average Bonchev–Trinajstić information content (AvgIpc) is 3.37. The number of nitriles is 1. The first-order chi connectivity index (χ1) is 16.2. The molecule has 0 aliphatic carbocycles. The van der Waals surface area contributed by atoms with Gasteiger partial charge in [-0.15, -0.1) is 11.3 Å². The van der Waals surface area contributed by atoms with Crippen molar-refractivity contribution in [3.63, 3.8) is 0 Å². The molecule has 0 N–H and O–H groups in total. The first-order valence-corrected chi connectivity index (χ1v) is 11.1. The van der Waals surface area contributed by atoms with Crippen LogP contribution in [0.15, 0.2) is 78.2 Å². The molecular formula is C27H22N2O3S. The van der Waals surface area contributed by atoms with Gasteiger partial charge in [-0.1, -0.05) is 36.4 Å². The van der Waals surface area contributed by atoms with Crippen molar-refractivity contribution in [3.05, 3.63) is 94.3 Å². The molecule has 0 unspecified atom stereocenters. The lowest BCUT2D eigenvalue weighted by Crippen LogP contribution is -1.97. The largest absolute Gasteiger partial charge is 0.497 e. The maximum absolute atomic E-state index is 9.76. The summed E-state index contributed by atoms with van der Waals surface area (Å²) in [6, 6.07) is 25.5. The number of benzene rings is 3. The van der Waals surface area contributed by atoms with Crippen molar-refractivity contribution >= 4 is 23.0 Å². The number of rotatable bonds is 8. The summed E-state index contributed by atoms with van der Waals surface area (Å²) in [5, 5.41) is 12.4. The summed E-state index contributed by atoms with van der Waals surface area (Å²) in [6.45, 7) is 0.448. The van der Waals surface area contributed by atoms with E-state index in [0.29, 0.717) is 28.7 Å². The molecule has 0 atom stereocenters. The van der Waals surface area contributed by atoms with E-state index in [-0.39, 0.29) is 0 Å². The molecule has 0 saturated heterocycles. The lowest BCUT2D eigenvalue weighted by atomic mass is 10.1. The Balaban J connectivity index is 1.54. The number of aromatic nitrogens is 1. The van der Waals surface area contributed by atoms with Crippen LogP contribution in [0, 0.1) is 11.3 Å². The summed E-state index contributed by atoms with van der Waals surface area (Å²) in [4.78, 5) is 4.66. The number of methoxy groups -OCH3 is 2. The van der Waals surface area contributed by atoms with Crippen LogP contribution in [-0.4, -0.2) is 19.2 Å². The highest BCUT2D eigenvalue weighted by molar-refractivity contribution is 7.11. The van der Waals surface area contributed by atoms with Gasteiger partial charge in [0, 0.05) is 10.9 Å². The van der Waals surface area contributed by atoms with Gasteiger partial charge in [0.15, 0.2) is 11.5 Å². The third kappa shape index (κ3) is 5.40. The summed E-state index contributed by atoms with van der Waals surface area (Å²) in [6.07, 6.45) is 1.81. The predicted molar refractivity (Wildman–Crippen MR) is 131 cm³/mol. The van der Waals surface area contributed by atoms with E-state index >= 15 is 0 Å². The molecule has 6 heteroatoms. The summed E-state index contributed by atoms with van der Waals surface area (Å²) in [5.41, 5.74) is 4.18. The van der Waals surface area contributed by atoms with Crippen LogP contribution < -0.4 is 14.2 Å². The number of nitrogens with zero attached hydrogens (tertiary/aromatic N) is 2. The monoisotopic (exact) mass is 454 g/mol. The van der Waals surface area contributed by atoms with Gasteiger partial charge in [-0.2, -0.15) is 5.26 Å². The normalized spacial score (nSPS) is 11.0. The van der Waals surface area contributed by atoms with Crippen LogP contribution in [-0.2, 0) is 6.61 Å². The van der Waals surface area contributed by atoms with E-state index in [0.717, 1.165) is 28.1 Å². The van der Waals surface area contributed by atoms with Gasteiger partial charge in [0.1, 0.15) is 23.4 Å². The maximum atomic E-state index is 9.76. The summed E-state index contributed by atoms with van der Waals surface area (Å²) in [7, 11) is 3.24. The Kier molecular flexibility index (Phi) is 7.03. The first kappa shape index (κ1) is 22.1. The van der Waals surface area contributed by atoms with Gasteiger partial charge < -0.3 is 14.2 Å². The van der Waals surface area contributed by atoms with Gasteiger partial charge in [-0.05, 0) is 53.6 Å². The number of allylic oxidation sites excluding steroid dienone is 1. The van der Waals surface area contributed by atoms with Crippen molar-refractivity contribution in [1.29, 1.82) is 5.26 Å². The van der Waals surface area contributed by atoms with E-state index in [2.05, 4.69) is 11.1 Å². The van der Waals surface area contributed by atoms with Gasteiger partial charge in [0.2, 0.25) is 0 Å². The van der Waals surface area contributed by atoms with Gasteiger partial charge >= 0.3 is 0 Å². The molecule has 1 heterocycles. The minimum absolute atomic E-state index is 0.448. The molecule has 0 bridgehead atoms. The average molecular weight is 455 g/mol. The lowest BCUT2D eigenvalue weighted by molar-refractivity contribution is 0.284. The second kappa shape index (κ2) is 10.5. The fourth-order valence-corrected chi connectivity index (χ4v) is 4.02. The van der Waals surface area contributed by atoms with Gasteiger partial charge in [-0.3, -0.25) is 0 Å². The molecule has 33 heavy (non-hydrogen) atoms. The van der Waals surface area contributed by atoms with E-state index in [9.17, 15) is 5.26 Å². The zero-order valence-corrected chi connectivity index (χ0v) is 19.1. The molecule has 4 rings (SSSR count). The van der Waals surface area contributed by atoms with Crippen LogP contribution >= 0.6 is 11.3 Å². The molecule has 5 nitrogen and oxygen atoms in total. The molecule has 164 valence electrons. The zero-order chi connectivity index (χ0) is 23.0. The Morgan fingerprint density at radius 1 is 0.970 bits per heavy atom. The van der Waals surface area contributed by atoms with E-state index in [1.807, 2.05) is 78.2 Å². The maximum Gasteiger partial charge on any atom is 0.161 e. The molecule has 0 aliphatic rings. The van der Waals surface area contributed by atoms with Crippen LogP contribution in [0.4, 0.5) is 0 Å². The van der Waals surface area contributed by atoms with Gasteiger partial charge in [0.05, 0.1) is 25.5 Å². The van der Waals surface area contributed by atoms with Crippen molar-refractivity contribution in [1.82, 2.24) is 4.98 Å². The summed E-state index contributed by atoms with van der Waals surface area (Å²) in [5.74, 6) is 2.04. The first-order valence-electron chi connectivity index (χ1n) is 10.3. The second-order valence-electron chi connectivity index (χ2n) is 7.12. The van der Waals surface area contributed by atoms with Crippen LogP contribution in [0.1, 0.15) is 16.1 Å². The minimum atomic E-state index is 0.448. The highest BCUT2D eigenvalue weighted by atomic mass is 32.1. The molecule has 3 aromatic carbocycles. The Morgan fingerprint density at radius 2 is 1.76 bits per heavy atom. The quantitative estimate of drug-likeness (QED) is 0.286. The topological polar surface area (TPSA) is 64.4 Å². The molecule has 0 saturated carbocycles. The van der Waals surface area contributed by atoms with E-state index in [1.54, 1.807) is 20.3 Å². The van der Waals surface area contributed by atoms with Crippen molar-refractivity contribution < 1.29 is 14.2 Å². The Bertz CT molecular complexity index is 1290. The SMILES string of the molecule is COc1ccc(-c2csc(/C(C#N)=C/c3ccc(OCc4ccccc4)c(OC)c3)n2)cc1. The molecule has 4 aromatic rings. The van der Waals surface area contributed by atoms with E-state index < -0.39 is 0 Å². The van der Waals surface area contributed by atoms with Crippen molar-refractivity contribution in [2.24, 2.45) is 0 Å². The van der Waals surface area contributed by atoms with Gasteiger partial charge in [-0.25, -0.2) is 4.98 Å². The van der Waals surface area contributed by atoms with E-state index in [4.69, 9.17) is 14.2 Å². The van der Waals surface area contributed by atoms with E-state index in [1.165, 1.54) is 11.3 Å². The number of hydrogen-bond donors (Lipinski definition) is 0. The van der Waals surface area contributed by atoms with Gasteiger partial charge in [0.25, 0.3) is 0 Å². The Labute approximate surface area is 197 Å². The molecule has 0 fully saturated rings. The number of hydrogen-bond acceptors (Lipinski definition) is 6. The molecule has 0 spiro atoms. The fraction of sp³-hybridized carbons (Fsp3) is 0.111. The summed E-state index contributed by atoms with van der Waals surface area (Å²) < 4.78 is 16.6. The number of ether oxygens (including phenoxy) is 3. The molecule has 0 radical (unpaired) electrons. The third-order valence-corrected chi connectivity index (χ3v) is 5.85. The summed E-state index contributed by atoms with van der Waals surface area (Å²) >= 11 is 1.44. The Morgan fingerprint density at radius 3 is 2.45 bits per heavy atom. The zero-order valence-electron chi connectivity index (χ0n) is 18.3. The minimum Gasteiger partial charge on any atom is -0.497 e.